The molecule has 1 fully saturated rings. The summed E-state index contributed by atoms with van der Waals surface area (Å²) in [5.74, 6) is 0.718. The Labute approximate surface area is 87.6 Å². The summed E-state index contributed by atoms with van der Waals surface area (Å²) in [5, 5.41) is 0. The van der Waals surface area contributed by atoms with Gasteiger partial charge in [0.25, 0.3) is 0 Å². The van der Waals surface area contributed by atoms with E-state index in [0.717, 1.165) is 45.0 Å². The van der Waals surface area contributed by atoms with E-state index in [-0.39, 0.29) is 0 Å². The van der Waals surface area contributed by atoms with Crippen LogP contribution in [0.2, 0.25) is 0 Å². The molecule has 1 heterocycles. The SMILES string of the molecule is CCC1CN(CC(C)CCN)CCO1. The van der Waals surface area contributed by atoms with Crippen molar-refractivity contribution in [2.45, 2.75) is 32.8 Å². The van der Waals surface area contributed by atoms with Gasteiger partial charge in [0.2, 0.25) is 0 Å². The zero-order chi connectivity index (χ0) is 10.4. The van der Waals surface area contributed by atoms with Gasteiger partial charge in [0.15, 0.2) is 0 Å². The van der Waals surface area contributed by atoms with Crippen molar-refractivity contribution in [3.05, 3.63) is 0 Å². The lowest BCUT2D eigenvalue weighted by Gasteiger charge is -2.34. The van der Waals surface area contributed by atoms with Crippen LogP contribution in [-0.4, -0.2) is 43.8 Å². The van der Waals surface area contributed by atoms with Crippen LogP contribution in [0.1, 0.15) is 26.7 Å². The molecule has 1 rings (SSSR count). The van der Waals surface area contributed by atoms with Gasteiger partial charge in [0.05, 0.1) is 12.7 Å². The van der Waals surface area contributed by atoms with E-state index in [1.807, 2.05) is 0 Å². The van der Waals surface area contributed by atoms with E-state index in [0.29, 0.717) is 6.10 Å². The summed E-state index contributed by atoms with van der Waals surface area (Å²) in [6.45, 7) is 9.55. The Kier molecular flexibility index (Phi) is 5.45. The Morgan fingerprint density at radius 3 is 3.00 bits per heavy atom. The zero-order valence-electron chi connectivity index (χ0n) is 9.54. The Morgan fingerprint density at radius 1 is 1.57 bits per heavy atom. The fourth-order valence-corrected chi connectivity index (χ4v) is 2.01. The quantitative estimate of drug-likeness (QED) is 0.722. The van der Waals surface area contributed by atoms with Crippen molar-refractivity contribution >= 4 is 0 Å². The predicted octanol–water partition coefficient (Wildman–Crippen LogP) is 1.08. The molecule has 0 aromatic rings. The molecule has 2 unspecified atom stereocenters. The van der Waals surface area contributed by atoms with Crippen molar-refractivity contribution in [3.8, 4) is 0 Å². The first-order valence-electron chi connectivity index (χ1n) is 5.80. The summed E-state index contributed by atoms with van der Waals surface area (Å²) in [7, 11) is 0. The maximum Gasteiger partial charge on any atom is 0.0700 e. The zero-order valence-corrected chi connectivity index (χ0v) is 9.54. The third kappa shape index (κ3) is 3.95. The van der Waals surface area contributed by atoms with Crippen LogP contribution in [0.15, 0.2) is 0 Å². The summed E-state index contributed by atoms with van der Waals surface area (Å²) >= 11 is 0. The lowest BCUT2D eigenvalue weighted by atomic mass is 10.1. The lowest BCUT2D eigenvalue weighted by Crippen LogP contribution is -2.44. The monoisotopic (exact) mass is 200 g/mol. The van der Waals surface area contributed by atoms with Gasteiger partial charge in [-0.05, 0) is 25.3 Å². The predicted molar refractivity (Wildman–Crippen MR) is 59.3 cm³/mol. The van der Waals surface area contributed by atoms with E-state index in [9.17, 15) is 0 Å². The van der Waals surface area contributed by atoms with E-state index in [1.54, 1.807) is 0 Å². The molecule has 0 saturated carbocycles. The Morgan fingerprint density at radius 2 is 2.36 bits per heavy atom. The number of morpholine rings is 1. The molecule has 0 aliphatic carbocycles. The van der Waals surface area contributed by atoms with Gasteiger partial charge in [-0.15, -0.1) is 0 Å². The minimum atomic E-state index is 0.453. The van der Waals surface area contributed by atoms with Crippen LogP contribution in [-0.2, 0) is 4.74 Å². The van der Waals surface area contributed by atoms with Gasteiger partial charge in [0, 0.05) is 19.6 Å². The summed E-state index contributed by atoms with van der Waals surface area (Å²) in [6, 6.07) is 0. The standard InChI is InChI=1S/C11H24N2O/c1-3-11-9-13(6-7-14-11)8-10(2)4-5-12/h10-11H,3-9,12H2,1-2H3. The molecule has 0 aromatic heterocycles. The Hall–Kier alpha value is -0.120. The largest absolute Gasteiger partial charge is 0.376 e. The number of ether oxygens (including phenoxy) is 1. The van der Waals surface area contributed by atoms with Gasteiger partial charge in [-0.2, -0.15) is 0 Å². The topological polar surface area (TPSA) is 38.5 Å². The molecule has 1 saturated heterocycles. The molecular formula is C11H24N2O. The summed E-state index contributed by atoms with van der Waals surface area (Å²) in [5.41, 5.74) is 5.54. The summed E-state index contributed by atoms with van der Waals surface area (Å²) in [4.78, 5) is 2.51. The van der Waals surface area contributed by atoms with Crippen LogP contribution in [0.5, 0.6) is 0 Å². The van der Waals surface area contributed by atoms with E-state index >= 15 is 0 Å². The van der Waals surface area contributed by atoms with Crippen LogP contribution in [0.4, 0.5) is 0 Å². The minimum absolute atomic E-state index is 0.453. The molecule has 0 radical (unpaired) electrons. The van der Waals surface area contributed by atoms with Crippen molar-refractivity contribution in [2.24, 2.45) is 11.7 Å². The van der Waals surface area contributed by atoms with Crippen molar-refractivity contribution in [1.82, 2.24) is 4.90 Å². The first-order valence-corrected chi connectivity index (χ1v) is 5.80. The number of nitrogens with zero attached hydrogens (tertiary/aromatic N) is 1. The second-order valence-electron chi connectivity index (χ2n) is 4.34. The second kappa shape index (κ2) is 6.38. The van der Waals surface area contributed by atoms with Gasteiger partial charge in [-0.1, -0.05) is 13.8 Å². The van der Waals surface area contributed by atoms with E-state index in [1.165, 1.54) is 6.54 Å². The third-order valence-corrected chi connectivity index (χ3v) is 2.91. The smallest absolute Gasteiger partial charge is 0.0700 e. The fourth-order valence-electron chi connectivity index (χ4n) is 2.01. The molecule has 0 amide bonds. The van der Waals surface area contributed by atoms with Gasteiger partial charge >= 0.3 is 0 Å². The number of hydrogen-bond donors (Lipinski definition) is 1. The van der Waals surface area contributed by atoms with Crippen LogP contribution in [0.25, 0.3) is 0 Å². The Balaban J connectivity index is 2.22. The molecule has 1 aliphatic heterocycles. The highest BCUT2D eigenvalue weighted by Gasteiger charge is 2.19. The molecule has 3 nitrogen and oxygen atoms in total. The van der Waals surface area contributed by atoms with E-state index < -0.39 is 0 Å². The summed E-state index contributed by atoms with van der Waals surface area (Å²) < 4.78 is 5.63. The van der Waals surface area contributed by atoms with Crippen LogP contribution in [0, 0.1) is 5.92 Å². The van der Waals surface area contributed by atoms with Crippen molar-refractivity contribution in [2.75, 3.05) is 32.8 Å². The van der Waals surface area contributed by atoms with E-state index in [4.69, 9.17) is 10.5 Å². The molecule has 3 heteroatoms. The molecule has 0 bridgehead atoms. The average molecular weight is 200 g/mol. The molecule has 84 valence electrons. The van der Waals surface area contributed by atoms with Crippen molar-refractivity contribution in [1.29, 1.82) is 0 Å². The molecule has 1 aliphatic rings. The van der Waals surface area contributed by atoms with Gasteiger partial charge in [-0.3, -0.25) is 4.90 Å². The van der Waals surface area contributed by atoms with Crippen molar-refractivity contribution in [3.63, 3.8) is 0 Å². The lowest BCUT2D eigenvalue weighted by molar-refractivity contribution is -0.0335. The normalized spacial score (nSPS) is 26.4. The van der Waals surface area contributed by atoms with E-state index in [2.05, 4.69) is 18.7 Å². The first-order chi connectivity index (χ1) is 6.76. The maximum absolute atomic E-state index is 5.63. The van der Waals surface area contributed by atoms with Gasteiger partial charge in [-0.25, -0.2) is 0 Å². The Bertz CT molecular complexity index is 152. The second-order valence-corrected chi connectivity index (χ2v) is 4.34. The first kappa shape index (κ1) is 12.0. The number of hydrogen-bond acceptors (Lipinski definition) is 3. The van der Waals surface area contributed by atoms with Crippen molar-refractivity contribution < 1.29 is 4.74 Å². The number of rotatable bonds is 5. The third-order valence-electron chi connectivity index (χ3n) is 2.91. The molecule has 2 atom stereocenters. The number of nitrogens with two attached hydrogens (primary N) is 1. The highest BCUT2D eigenvalue weighted by molar-refractivity contribution is 4.72. The van der Waals surface area contributed by atoms with Crippen LogP contribution >= 0.6 is 0 Å². The molecule has 0 spiro atoms. The average Bonchev–Trinajstić information content (AvgIpc) is 2.18. The molecule has 14 heavy (non-hydrogen) atoms. The minimum Gasteiger partial charge on any atom is -0.376 e. The van der Waals surface area contributed by atoms with Crippen LogP contribution < -0.4 is 5.73 Å². The highest BCUT2D eigenvalue weighted by Crippen LogP contribution is 2.11. The highest BCUT2D eigenvalue weighted by atomic mass is 16.5. The van der Waals surface area contributed by atoms with Gasteiger partial charge in [0.1, 0.15) is 0 Å². The maximum atomic E-state index is 5.63. The summed E-state index contributed by atoms with van der Waals surface area (Å²) in [6.07, 6.45) is 2.71. The fraction of sp³-hybridized carbons (Fsp3) is 1.00. The molecular weight excluding hydrogens is 176 g/mol. The van der Waals surface area contributed by atoms with Crippen LogP contribution in [0.3, 0.4) is 0 Å². The molecule has 0 aromatic carbocycles. The molecule has 2 N–H and O–H groups in total. The van der Waals surface area contributed by atoms with Gasteiger partial charge < -0.3 is 10.5 Å².